The Hall–Kier alpha value is -2.66. The van der Waals surface area contributed by atoms with Gasteiger partial charge in [-0.25, -0.2) is 0 Å². The second-order valence-electron chi connectivity index (χ2n) is 4.53. The lowest BCUT2D eigenvalue weighted by molar-refractivity contribution is 0.102. The van der Waals surface area contributed by atoms with Gasteiger partial charge in [0, 0.05) is 23.2 Å². The Balaban J connectivity index is 1.80. The Labute approximate surface area is 115 Å². The molecule has 0 spiro atoms. The van der Waals surface area contributed by atoms with Crippen molar-refractivity contribution in [1.82, 2.24) is 10.2 Å². The maximum Gasteiger partial charge on any atom is 0.255 e. The van der Waals surface area contributed by atoms with Crippen molar-refractivity contribution in [1.29, 1.82) is 0 Å². The number of carbonyl (C=O) groups excluding carboxylic acids is 1. The lowest BCUT2D eigenvalue weighted by Gasteiger charge is -2.06. The fourth-order valence-corrected chi connectivity index (χ4v) is 2.01. The van der Waals surface area contributed by atoms with Crippen LogP contribution < -0.4 is 11.1 Å². The summed E-state index contributed by atoms with van der Waals surface area (Å²) >= 11 is 0. The first kappa shape index (κ1) is 12.4. The summed E-state index contributed by atoms with van der Waals surface area (Å²) < 4.78 is 0. The lowest BCUT2D eigenvalue weighted by atomic mass is 10.1. The van der Waals surface area contributed by atoms with Crippen LogP contribution in [-0.2, 0) is 6.54 Å². The van der Waals surface area contributed by atoms with Gasteiger partial charge >= 0.3 is 0 Å². The van der Waals surface area contributed by atoms with Gasteiger partial charge < -0.3 is 11.1 Å². The van der Waals surface area contributed by atoms with Gasteiger partial charge in [-0.3, -0.25) is 9.89 Å². The fourth-order valence-electron chi connectivity index (χ4n) is 2.01. The summed E-state index contributed by atoms with van der Waals surface area (Å²) in [7, 11) is 0. The minimum absolute atomic E-state index is 0.146. The third-order valence-electron chi connectivity index (χ3n) is 3.15. The molecular formula is C15H14N4O. The third-order valence-corrected chi connectivity index (χ3v) is 3.15. The number of fused-ring (bicyclic) bond motifs is 1. The molecule has 0 fully saturated rings. The second kappa shape index (κ2) is 5.14. The van der Waals surface area contributed by atoms with E-state index in [1.165, 1.54) is 0 Å². The van der Waals surface area contributed by atoms with Crippen molar-refractivity contribution in [2.24, 2.45) is 5.73 Å². The number of anilines is 1. The molecule has 0 aliphatic carbocycles. The van der Waals surface area contributed by atoms with Crippen LogP contribution in [0.3, 0.4) is 0 Å². The van der Waals surface area contributed by atoms with E-state index in [-0.39, 0.29) is 5.91 Å². The Morgan fingerprint density at radius 1 is 1.20 bits per heavy atom. The van der Waals surface area contributed by atoms with Crippen molar-refractivity contribution in [2.45, 2.75) is 6.54 Å². The molecule has 3 aromatic rings. The summed E-state index contributed by atoms with van der Waals surface area (Å²) in [5.74, 6) is -0.146. The smallest absolute Gasteiger partial charge is 0.255 e. The predicted octanol–water partition coefficient (Wildman–Crippen LogP) is 2.27. The number of hydrogen-bond donors (Lipinski definition) is 3. The molecule has 1 heterocycles. The lowest BCUT2D eigenvalue weighted by Crippen LogP contribution is -2.12. The van der Waals surface area contributed by atoms with Crippen molar-refractivity contribution >= 4 is 22.5 Å². The van der Waals surface area contributed by atoms with Gasteiger partial charge in [0.05, 0.1) is 11.7 Å². The SMILES string of the molecule is NCc1ccc(C(=O)Nc2ccc3cn[nH]c3c2)cc1. The van der Waals surface area contributed by atoms with Gasteiger partial charge in [0.25, 0.3) is 5.91 Å². The first-order valence-corrected chi connectivity index (χ1v) is 6.30. The van der Waals surface area contributed by atoms with Crippen LogP contribution in [0.4, 0.5) is 5.69 Å². The molecule has 2 aromatic carbocycles. The third kappa shape index (κ3) is 2.39. The van der Waals surface area contributed by atoms with E-state index in [0.29, 0.717) is 12.1 Å². The highest BCUT2D eigenvalue weighted by Crippen LogP contribution is 2.17. The summed E-state index contributed by atoms with van der Waals surface area (Å²) in [6, 6.07) is 12.9. The number of aromatic nitrogens is 2. The maximum atomic E-state index is 12.1. The van der Waals surface area contributed by atoms with E-state index in [0.717, 1.165) is 22.2 Å². The van der Waals surface area contributed by atoms with E-state index in [1.54, 1.807) is 18.3 Å². The number of nitrogens with two attached hydrogens (primary N) is 1. The molecule has 0 atom stereocenters. The van der Waals surface area contributed by atoms with Crippen LogP contribution in [0.25, 0.3) is 10.9 Å². The molecule has 0 radical (unpaired) electrons. The van der Waals surface area contributed by atoms with Crippen molar-refractivity contribution in [2.75, 3.05) is 5.32 Å². The number of H-pyrrole nitrogens is 1. The summed E-state index contributed by atoms with van der Waals surface area (Å²) in [6.07, 6.45) is 1.74. The van der Waals surface area contributed by atoms with Gasteiger partial charge in [0.1, 0.15) is 0 Å². The van der Waals surface area contributed by atoms with Crippen LogP contribution in [0.15, 0.2) is 48.7 Å². The zero-order valence-electron chi connectivity index (χ0n) is 10.8. The van der Waals surface area contributed by atoms with Crippen LogP contribution in [0, 0.1) is 0 Å². The van der Waals surface area contributed by atoms with Gasteiger partial charge in [0.15, 0.2) is 0 Å². The average Bonchev–Trinajstić information content (AvgIpc) is 2.95. The van der Waals surface area contributed by atoms with Crippen molar-refractivity contribution in [3.05, 3.63) is 59.8 Å². The minimum Gasteiger partial charge on any atom is -0.326 e. The molecule has 0 saturated carbocycles. The molecule has 1 aromatic heterocycles. The number of rotatable bonds is 3. The number of nitrogens with zero attached hydrogens (tertiary/aromatic N) is 1. The second-order valence-corrected chi connectivity index (χ2v) is 4.53. The molecule has 20 heavy (non-hydrogen) atoms. The topological polar surface area (TPSA) is 83.8 Å². The highest BCUT2D eigenvalue weighted by Gasteiger charge is 2.06. The number of benzene rings is 2. The predicted molar refractivity (Wildman–Crippen MR) is 78.4 cm³/mol. The van der Waals surface area contributed by atoms with Gasteiger partial charge in [-0.1, -0.05) is 12.1 Å². The molecule has 1 amide bonds. The molecule has 0 aliphatic rings. The van der Waals surface area contributed by atoms with Gasteiger partial charge in [-0.2, -0.15) is 5.10 Å². The van der Waals surface area contributed by atoms with Crippen LogP contribution in [-0.4, -0.2) is 16.1 Å². The normalized spacial score (nSPS) is 10.7. The summed E-state index contributed by atoms with van der Waals surface area (Å²) in [4.78, 5) is 12.1. The number of carbonyl (C=O) groups is 1. The Kier molecular flexibility index (Phi) is 3.18. The van der Waals surface area contributed by atoms with E-state index in [9.17, 15) is 4.79 Å². The van der Waals surface area contributed by atoms with E-state index < -0.39 is 0 Å². The maximum absolute atomic E-state index is 12.1. The molecule has 5 nitrogen and oxygen atoms in total. The van der Waals surface area contributed by atoms with Crippen LogP contribution in [0.2, 0.25) is 0 Å². The largest absolute Gasteiger partial charge is 0.326 e. The number of amides is 1. The van der Waals surface area contributed by atoms with Gasteiger partial charge in [0.2, 0.25) is 0 Å². The zero-order chi connectivity index (χ0) is 13.9. The highest BCUT2D eigenvalue weighted by molar-refractivity contribution is 6.05. The summed E-state index contributed by atoms with van der Waals surface area (Å²) in [6.45, 7) is 0.471. The monoisotopic (exact) mass is 266 g/mol. The summed E-state index contributed by atoms with van der Waals surface area (Å²) in [5.41, 5.74) is 8.76. The zero-order valence-corrected chi connectivity index (χ0v) is 10.8. The number of hydrogen-bond acceptors (Lipinski definition) is 3. The van der Waals surface area contributed by atoms with Crippen molar-refractivity contribution < 1.29 is 4.79 Å². The van der Waals surface area contributed by atoms with E-state index >= 15 is 0 Å². The average molecular weight is 266 g/mol. The molecule has 0 bridgehead atoms. The quantitative estimate of drug-likeness (QED) is 0.680. The van der Waals surface area contributed by atoms with Crippen molar-refractivity contribution in [3.8, 4) is 0 Å². The van der Waals surface area contributed by atoms with E-state index in [4.69, 9.17) is 5.73 Å². The molecule has 3 rings (SSSR count). The fraction of sp³-hybridized carbons (Fsp3) is 0.0667. The molecule has 0 aliphatic heterocycles. The molecule has 0 saturated heterocycles. The molecular weight excluding hydrogens is 252 g/mol. The highest BCUT2D eigenvalue weighted by atomic mass is 16.1. The molecule has 0 unspecified atom stereocenters. The standard InChI is InChI=1S/C15H14N4O/c16-8-10-1-3-11(4-2-10)15(20)18-13-6-5-12-9-17-19-14(12)7-13/h1-7,9H,8,16H2,(H,17,19)(H,18,20). The van der Waals surface area contributed by atoms with Crippen LogP contribution in [0.5, 0.6) is 0 Å². The molecule has 100 valence electrons. The minimum atomic E-state index is -0.146. The molecule has 4 N–H and O–H groups in total. The van der Waals surface area contributed by atoms with E-state index in [2.05, 4.69) is 15.5 Å². The first-order valence-electron chi connectivity index (χ1n) is 6.30. The Morgan fingerprint density at radius 2 is 2.00 bits per heavy atom. The number of nitrogens with one attached hydrogen (secondary N) is 2. The Morgan fingerprint density at radius 3 is 2.75 bits per heavy atom. The van der Waals surface area contributed by atoms with Gasteiger partial charge in [-0.05, 0) is 35.9 Å². The molecule has 5 heteroatoms. The van der Waals surface area contributed by atoms with Gasteiger partial charge in [-0.15, -0.1) is 0 Å². The van der Waals surface area contributed by atoms with Crippen molar-refractivity contribution in [3.63, 3.8) is 0 Å². The first-order chi connectivity index (χ1) is 9.76. The van der Waals surface area contributed by atoms with Crippen LogP contribution in [0.1, 0.15) is 15.9 Å². The number of aromatic amines is 1. The summed E-state index contributed by atoms with van der Waals surface area (Å²) in [5, 5.41) is 10.7. The van der Waals surface area contributed by atoms with Crippen LogP contribution >= 0.6 is 0 Å². The Bertz CT molecular complexity index is 746. The van der Waals surface area contributed by atoms with E-state index in [1.807, 2.05) is 30.3 Å².